The lowest BCUT2D eigenvalue weighted by atomic mass is 10.1. The van der Waals surface area contributed by atoms with Crippen molar-refractivity contribution >= 4 is 28.8 Å². The van der Waals surface area contributed by atoms with E-state index in [9.17, 15) is 9.59 Å². The van der Waals surface area contributed by atoms with Gasteiger partial charge in [-0.1, -0.05) is 30.3 Å². The fourth-order valence-corrected chi connectivity index (χ4v) is 4.05. The topological polar surface area (TPSA) is 67.4 Å². The number of benzene rings is 2. The van der Waals surface area contributed by atoms with Gasteiger partial charge in [-0.3, -0.25) is 9.59 Å². The van der Waals surface area contributed by atoms with Crippen LogP contribution in [0.2, 0.25) is 0 Å². The van der Waals surface area contributed by atoms with Crippen LogP contribution in [0.1, 0.15) is 25.7 Å². The highest BCUT2D eigenvalue weighted by atomic mass is 32.1. The van der Waals surface area contributed by atoms with E-state index in [-0.39, 0.29) is 18.4 Å². The van der Waals surface area contributed by atoms with Crippen molar-refractivity contribution in [3.63, 3.8) is 0 Å². The molecule has 0 unspecified atom stereocenters. The van der Waals surface area contributed by atoms with Gasteiger partial charge in [-0.25, -0.2) is 0 Å². The lowest BCUT2D eigenvalue weighted by Crippen LogP contribution is -2.32. The number of methoxy groups -OCH3 is 1. The van der Waals surface area contributed by atoms with Crippen LogP contribution in [0.5, 0.6) is 5.75 Å². The van der Waals surface area contributed by atoms with Crippen molar-refractivity contribution in [3.8, 4) is 16.9 Å². The van der Waals surface area contributed by atoms with Crippen molar-refractivity contribution in [3.05, 3.63) is 69.4 Å². The summed E-state index contributed by atoms with van der Waals surface area (Å²) in [5, 5.41) is 5.58. The maximum atomic E-state index is 12.5. The van der Waals surface area contributed by atoms with Gasteiger partial charge >= 0.3 is 0 Å². The molecule has 2 amide bonds. The first-order chi connectivity index (χ1) is 13.9. The number of amides is 2. The fraction of sp³-hybridized carbons (Fsp3) is 0.217. The largest absolute Gasteiger partial charge is 0.497 e. The molecule has 0 aliphatic heterocycles. The Kier molecular flexibility index (Phi) is 6.34. The number of rotatable bonds is 6. The summed E-state index contributed by atoms with van der Waals surface area (Å²) in [6.45, 7) is 5.78. The second-order valence-corrected chi connectivity index (χ2v) is 8.06. The van der Waals surface area contributed by atoms with E-state index < -0.39 is 0 Å². The molecule has 150 valence electrons. The molecule has 0 atom stereocenters. The van der Waals surface area contributed by atoms with E-state index in [1.54, 1.807) is 7.11 Å². The van der Waals surface area contributed by atoms with Gasteiger partial charge in [0.25, 0.3) is 5.91 Å². The molecule has 6 heteroatoms. The first kappa shape index (κ1) is 20.6. The Morgan fingerprint density at radius 1 is 1.00 bits per heavy atom. The third-order valence-corrected chi connectivity index (χ3v) is 5.75. The Labute approximate surface area is 174 Å². The highest BCUT2D eigenvalue weighted by Gasteiger charge is 2.15. The smallest absolute Gasteiger partial charge is 0.261 e. The lowest BCUT2D eigenvalue weighted by molar-refractivity contribution is -0.115. The van der Waals surface area contributed by atoms with Crippen LogP contribution >= 0.6 is 11.3 Å². The zero-order valence-corrected chi connectivity index (χ0v) is 17.8. The summed E-state index contributed by atoms with van der Waals surface area (Å²) >= 11 is 1.41. The molecule has 0 aliphatic rings. The van der Waals surface area contributed by atoms with Gasteiger partial charge in [0.1, 0.15) is 5.75 Å². The maximum Gasteiger partial charge on any atom is 0.261 e. The van der Waals surface area contributed by atoms with E-state index in [4.69, 9.17) is 4.74 Å². The van der Waals surface area contributed by atoms with E-state index in [1.165, 1.54) is 11.3 Å². The average Bonchev–Trinajstić information content (AvgIpc) is 3.11. The summed E-state index contributed by atoms with van der Waals surface area (Å²) < 4.78 is 5.19. The van der Waals surface area contributed by atoms with Gasteiger partial charge in [0.05, 0.1) is 18.5 Å². The molecule has 0 bridgehead atoms. The highest BCUT2D eigenvalue weighted by Crippen LogP contribution is 2.32. The maximum absolute atomic E-state index is 12.5. The van der Waals surface area contributed by atoms with Gasteiger partial charge in [-0.2, -0.15) is 0 Å². The standard InChI is InChI=1S/C23H24N2O3S/c1-14-6-5-7-15(2)22(14)25-21(26)13-24-23(27)20-12-19(16(3)29-20)17-8-10-18(28-4)11-9-17/h5-12H,13H2,1-4H3,(H,24,27)(H,25,26). The van der Waals surface area contributed by atoms with Crippen LogP contribution in [0, 0.1) is 20.8 Å². The molecule has 1 aromatic heterocycles. The van der Waals surface area contributed by atoms with Crippen molar-refractivity contribution in [1.82, 2.24) is 5.32 Å². The van der Waals surface area contributed by atoms with Crippen molar-refractivity contribution in [2.75, 3.05) is 19.0 Å². The summed E-state index contributed by atoms with van der Waals surface area (Å²) in [5.41, 5.74) is 4.79. The van der Waals surface area contributed by atoms with Gasteiger partial charge in [-0.05, 0) is 61.2 Å². The third-order valence-electron chi connectivity index (χ3n) is 4.70. The zero-order chi connectivity index (χ0) is 21.0. The molecule has 29 heavy (non-hydrogen) atoms. The van der Waals surface area contributed by atoms with Crippen molar-refractivity contribution in [2.45, 2.75) is 20.8 Å². The van der Waals surface area contributed by atoms with E-state index in [0.29, 0.717) is 4.88 Å². The molecule has 1 heterocycles. The van der Waals surface area contributed by atoms with Crippen molar-refractivity contribution in [2.24, 2.45) is 0 Å². The summed E-state index contributed by atoms with van der Waals surface area (Å²) in [6, 6.07) is 15.4. The van der Waals surface area contributed by atoms with Gasteiger partial charge in [0.2, 0.25) is 5.91 Å². The zero-order valence-electron chi connectivity index (χ0n) is 17.0. The summed E-state index contributed by atoms with van der Waals surface area (Å²) in [4.78, 5) is 26.4. The molecule has 0 aliphatic carbocycles. The molecule has 3 rings (SSSR count). The van der Waals surface area contributed by atoms with E-state index in [0.717, 1.165) is 38.6 Å². The summed E-state index contributed by atoms with van der Waals surface area (Å²) in [6.07, 6.45) is 0. The Balaban J connectivity index is 1.64. The number of para-hydroxylation sites is 1. The second-order valence-electron chi connectivity index (χ2n) is 6.81. The second kappa shape index (κ2) is 8.92. The van der Waals surface area contributed by atoms with Crippen LogP contribution in [-0.4, -0.2) is 25.5 Å². The number of anilines is 1. The first-order valence-electron chi connectivity index (χ1n) is 9.28. The van der Waals surface area contributed by atoms with Crippen LogP contribution in [0.15, 0.2) is 48.5 Å². The minimum Gasteiger partial charge on any atom is -0.497 e. The number of carbonyl (C=O) groups excluding carboxylic acids is 2. The number of ether oxygens (including phenoxy) is 1. The number of aryl methyl sites for hydroxylation is 3. The minimum absolute atomic E-state index is 0.0819. The van der Waals surface area contributed by atoms with Gasteiger partial charge < -0.3 is 15.4 Å². The molecule has 2 N–H and O–H groups in total. The fourth-order valence-electron chi connectivity index (χ4n) is 3.09. The van der Waals surface area contributed by atoms with E-state index in [2.05, 4.69) is 10.6 Å². The molecule has 5 nitrogen and oxygen atoms in total. The lowest BCUT2D eigenvalue weighted by Gasteiger charge is -2.11. The summed E-state index contributed by atoms with van der Waals surface area (Å²) in [5.74, 6) is 0.281. The monoisotopic (exact) mass is 408 g/mol. The predicted molar refractivity (Wildman–Crippen MR) is 118 cm³/mol. The predicted octanol–water partition coefficient (Wildman–Crippen LogP) is 4.72. The van der Waals surface area contributed by atoms with Gasteiger partial charge in [0, 0.05) is 10.6 Å². The van der Waals surface area contributed by atoms with Gasteiger partial charge in [-0.15, -0.1) is 11.3 Å². The van der Waals surface area contributed by atoms with Crippen molar-refractivity contribution in [1.29, 1.82) is 0 Å². The Hall–Kier alpha value is -3.12. The van der Waals surface area contributed by atoms with E-state index in [1.807, 2.05) is 69.3 Å². The molecule has 3 aromatic rings. The number of hydrogen-bond acceptors (Lipinski definition) is 4. The van der Waals surface area contributed by atoms with Crippen LogP contribution in [0.4, 0.5) is 5.69 Å². The number of thiophene rings is 1. The van der Waals surface area contributed by atoms with Crippen LogP contribution in [-0.2, 0) is 4.79 Å². The quantitative estimate of drug-likeness (QED) is 0.620. The molecule has 0 fully saturated rings. The van der Waals surface area contributed by atoms with Crippen molar-refractivity contribution < 1.29 is 14.3 Å². The SMILES string of the molecule is COc1ccc(-c2cc(C(=O)NCC(=O)Nc3c(C)cccc3C)sc2C)cc1. The average molecular weight is 409 g/mol. The highest BCUT2D eigenvalue weighted by molar-refractivity contribution is 7.14. The van der Waals surface area contributed by atoms with Crippen LogP contribution < -0.4 is 15.4 Å². The molecule has 0 saturated heterocycles. The van der Waals surface area contributed by atoms with Crippen LogP contribution in [0.25, 0.3) is 11.1 Å². The minimum atomic E-state index is -0.255. The number of nitrogens with one attached hydrogen (secondary N) is 2. The van der Waals surface area contributed by atoms with Crippen LogP contribution in [0.3, 0.4) is 0 Å². The molecule has 0 radical (unpaired) electrons. The van der Waals surface area contributed by atoms with Gasteiger partial charge in [0.15, 0.2) is 0 Å². The summed E-state index contributed by atoms with van der Waals surface area (Å²) in [7, 11) is 1.63. The Morgan fingerprint density at radius 2 is 1.66 bits per heavy atom. The third kappa shape index (κ3) is 4.84. The number of hydrogen-bond donors (Lipinski definition) is 2. The molecule has 0 spiro atoms. The van der Waals surface area contributed by atoms with E-state index >= 15 is 0 Å². The molecular weight excluding hydrogens is 384 g/mol. The Bertz CT molecular complexity index is 1020. The molecular formula is C23H24N2O3S. The first-order valence-corrected chi connectivity index (χ1v) is 10.1. The molecule has 2 aromatic carbocycles. The Morgan fingerprint density at radius 3 is 2.28 bits per heavy atom. The molecule has 0 saturated carbocycles. The normalized spacial score (nSPS) is 10.5. The number of carbonyl (C=O) groups is 2.